The molecule has 0 saturated carbocycles. The van der Waals surface area contributed by atoms with Gasteiger partial charge in [-0.05, 0) is 30.2 Å². The fraction of sp³-hybridized carbons (Fsp3) is 0.273. The van der Waals surface area contributed by atoms with E-state index in [-0.39, 0.29) is 0 Å². The molecule has 0 radical (unpaired) electrons. The van der Waals surface area contributed by atoms with Gasteiger partial charge in [0.15, 0.2) is 0 Å². The average Bonchev–Trinajstić information content (AvgIpc) is 2.22. The van der Waals surface area contributed by atoms with Gasteiger partial charge in [0.25, 0.3) is 5.91 Å². The van der Waals surface area contributed by atoms with E-state index in [1.165, 1.54) is 4.90 Å². The van der Waals surface area contributed by atoms with Crippen LogP contribution in [0.5, 0.6) is 0 Å². The van der Waals surface area contributed by atoms with Gasteiger partial charge in [0.2, 0.25) is 6.29 Å². The summed E-state index contributed by atoms with van der Waals surface area (Å²) in [5.74, 6) is -0.505. The third-order valence-corrected chi connectivity index (χ3v) is 2.69. The van der Waals surface area contributed by atoms with Gasteiger partial charge in [0.05, 0.1) is 0 Å². The quantitative estimate of drug-likeness (QED) is 0.621. The normalized spacial score (nSPS) is 9.80. The first-order valence-corrected chi connectivity index (χ1v) is 5.29. The van der Waals surface area contributed by atoms with Crippen LogP contribution in [0.3, 0.4) is 0 Å². The van der Waals surface area contributed by atoms with Gasteiger partial charge in [-0.3, -0.25) is 9.59 Å². The number of carbonyl (C=O) groups is 2. The fourth-order valence-electron chi connectivity index (χ4n) is 1.23. The zero-order valence-corrected chi connectivity index (χ0v) is 10.2. The Labute approximate surface area is 97.2 Å². The van der Waals surface area contributed by atoms with Crippen molar-refractivity contribution in [1.82, 2.24) is 4.90 Å². The van der Waals surface area contributed by atoms with Crippen LogP contribution in [0.25, 0.3) is 0 Å². The van der Waals surface area contributed by atoms with Crippen LogP contribution in [0.4, 0.5) is 0 Å². The Balaban J connectivity index is 2.84. The maximum absolute atomic E-state index is 11.1. The highest BCUT2D eigenvalue weighted by atomic mass is 79.9. The fourth-order valence-corrected chi connectivity index (χ4v) is 1.64. The third kappa shape index (κ3) is 3.16. The average molecular weight is 270 g/mol. The molecule has 0 aliphatic heterocycles. The summed E-state index contributed by atoms with van der Waals surface area (Å²) in [5, 5.41) is 0. The first-order chi connectivity index (χ1) is 7.04. The van der Waals surface area contributed by atoms with Crippen LogP contribution in [0.1, 0.15) is 11.1 Å². The SMILES string of the molecule is Cc1ccc(Br)cc1CN(C)C(=O)C=O. The van der Waals surface area contributed by atoms with E-state index in [0.29, 0.717) is 12.8 Å². The van der Waals surface area contributed by atoms with Gasteiger partial charge in [0, 0.05) is 18.1 Å². The summed E-state index contributed by atoms with van der Waals surface area (Å²) < 4.78 is 0.968. The van der Waals surface area contributed by atoms with Gasteiger partial charge in [-0.15, -0.1) is 0 Å². The first-order valence-electron chi connectivity index (χ1n) is 4.50. The lowest BCUT2D eigenvalue weighted by molar-refractivity contribution is -0.138. The van der Waals surface area contributed by atoms with Gasteiger partial charge >= 0.3 is 0 Å². The summed E-state index contributed by atoms with van der Waals surface area (Å²) >= 11 is 3.37. The summed E-state index contributed by atoms with van der Waals surface area (Å²) in [7, 11) is 1.61. The zero-order chi connectivity index (χ0) is 11.4. The summed E-state index contributed by atoms with van der Waals surface area (Å²) in [5.41, 5.74) is 2.13. The predicted molar refractivity (Wildman–Crippen MR) is 61.4 cm³/mol. The summed E-state index contributed by atoms with van der Waals surface area (Å²) in [6, 6.07) is 5.86. The van der Waals surface area contributed by atoms with Crippen LogP contribution >= 0.6 is 15.9 Å². The Bertz CT molecular complexity index is 390. The van der Waals surface area contributed by atoms with E-state index >= 15 is 0 Å². The Morgan fingerprint density at radius 1 is 1.53 bits per heavy atom. The lowest BCUT2D eigenvalue weighted by Crippen LogP contribution is -2.27. The molecule has 0 atom stereocenters. The second-order valence-electron chi connectivity index (χ2n) is 3.38. The van der Waals surface area contributed by atoms with E-state index in [2.05, 4.69) is 15.9 Å². The van der Waals surface area contributed by atoms with Gasteiger partial charge in [0.1, 0.15) is 0 Å². The van der Waals surface area contributed by atoms with E-state index in [1.807, 2.05) is 25.1 Å². The van der Waals surface area contributed by atoms with Gasteiger partial charge in [-0.1, -0.05) is 22.0 Å². The third-order valence-electron chi connectivity index (χ3n) is 2.20. The number of hydrogen-bond donors (Lipinski definition) is 0. The molecule has 3 nitrogen and oxygen atoms in total. The summed E-state index contributed by atoms with van der Waals surface area (Å²) in [6.45, 7) is 2.42. The number of hydrogen-bond acceptors (Lipinski definition) is 2. The topological polar surface area (TPSA) is 37.4 Å². The molecular weight excluding hydrogens is 258 g/mol. The minimum atomic E-state index is -0.505. The number of nitrogens with zero attached hydrogens (tertiary/aromatic N) is 1. The monoisotopic (exact) mass is 269 g/mol. The molecule has 0 fully saturated rings. The number of aldehydes is 1. The van der Waals surface area contributed by atoms with Crippen LogP contribution in [0.2, 0.25) is 0 Å². The van der Waals surface area contributed by atoms with Crippen molar-refractivity contribution in [3.05, 3.63) is 33.8 Å². The number of carbonyl (C=O) groups excluding carboxylic acids is 2. The number of amides is 1. The predicted octanol–water partition coefficient (Wildman–Crippen LogP) is 1.91. The van der Waals surface area contributed by atoms with E-state index in [0.717, 1.165) is 15.6 Å². The Kier molecular flexibility index (Phi) is 4.03. The molecular formula is C11H12BrNO2. The largest absolute Gasteiger partial charge is 0.335 e. The Morgan fingerprint density at radius 3 is 2.80 bits per heavy atom. The molecule has 1 amide bonds. The molecule has 1 aromatic rings. The first kappa shape index (κ1) is 11.9. The second-order valence-corrected chi connectivity index (χ2v) is 4.30. The Morgan fingerprint density at radius 2 is 2.20 bits per heavy atom. The van der Waals surface area contributed by atoms with Crippen molar-refractivity contribution in [2.75, 3.05) is 7.05 Å². The van der Waals surface area contributed by atoms with E-state index in [9.17, 15) is 9.59 Å². The number of rotatable bonds is 3. The maximum Gasteiger partial charge on any atom is 0.286 e. The van der Waals surface area contributed by atoms with Crippen molar-refractivity contribution in [2.24, 2.45) is 0 Å². The number of halogens is 1. The molecule has 0 saturated heterocycles. The standard InChI is InChI=1S/C11H12BrNO2/c1-8-3-4-10(12)5-9(8)6-13(2)11(15)7-14/h3-5,7H,6H2,1-2H3. The number of benzene rings is 1. The van der Waals surface area contributed by atoms with Crippen molar-refractivity contribution in [2.45, 2.75) is 13.5 Å². The van der Waals surface area contributed by atoms with Crippen molar-refractivity contribution in [3.63, 3.8) is 0 Å². The summed E-state index contributed by atoms with van der Waals surface area (Å²) in [6.07, 6.45) is 0.327. The highest BCUT2D eigenvalue weighted by molar-refractivity contribution is 9.10. The molecule has 0 heterocycles. The molecule has 0 aliphatic rings. The molecule has 0 unspecified atom stereocenters. The molecule has 0 bridgehead atoms. The molecule has 0 N–H and O–H groups in total. The lowest BCUT2D eigenvalue weighted by Gasteiger charge is -2.15. The zero-order valence-electron chi connectivity index (χ0n) is 8.66. The smallest absolute Gasteiger partial charge is 0.286 e. The van der Waals surface area contributed by atoms with Crippen molar-refractivity contribution < 1.29 is 9.59 Å². The van der Waals surface area contributed by atoms with Crippen LogP contribution in [0.15, 0.2) is 22.7 Å². The van der Waals surface area contributed by atoms with Gasteiger partial charge in [-0.2, -0.15) is 0 Å². The molecule has 15 heavy (non-hydrogen) atoms. The van der Waals surface area contributed by atoms with E-state index in [4.69, 9.17) is 0 Å². The second kappa shape index (κ2) is 5.07. The highest BCUT2D eigenvalue weighted by Crippen LogP contribution is 2.17. The summed E-state index contributed by atoms with van der Waals surface area (Å²) in [4.78, 5) is 22.7. The minimum absolute atomic E-state index is 0.327. The number of aryl methyl sites for hydroxylation is 1. The molecule has 80 valence electrons. The lowest BCUT2D eigenvalue weighted by atomic mass is 10.1. The molecule has 1 aromatic carbocycles. The maximum atomic E-state index is 11.1. The van der Waals surface area contributed by atoms with E-state index < -0.39 is 5.91 Å². The Hall–Kier alpha value is -1.16. The van der Waals surface area contributed by atoms with Gasteiger partial charge in [-0.25, -0.2) is 0 Å². The highest BCUT2D eigenvalue weighted by Gasteiger charge is 2.09. The molecule has 0 spiro atoms. The van der Waals surface area contributed by atoms with E-state index in [1.54, 1.807) is 7.05 Å². The van der Waals surface area contributed by atoms with Gasteiger partial charge < -0.3 is 4.90 Å². The minimum Gasteiger partial charge on any atom is -0.335 e. The molecule has 0 aliphatic carbocycles. The molecule has 1 rings (SSSR count). The number of likely N-dealkylation sites (N-methyl/N-ethyl adjacent to an activating group) is 1. The van der Waals surface area contributed by atoms with Crippen LogP contribution in [-0.4, -0.2) is 24.1 Å². The van der Waals surface area contributed by atoms with Crippen molar-refractivity contribution in [3.8, 4) is 0 Å². The van der Waals surface area contributed by atoms with Crippen LogP contribution in [0, 0.1) is 6.92 Å². The molecule has 4 heteroatoms. The van der Waals surface area contributed by atoms with Crippen molar-refractivity contribution in [1.29, 1.82) is 0 Å². The van der Waals surface area contributed by atoms with Crippen molar-refractivity contribution >= 4 is 28.1 Å². The van der Waals surface area contributed by atoms with Crippen LogP contribution in [-0.2, 0) is 16.1 Å². The van der Waals surface area contributed by atoms with Crippen LogP contribution < -0.4 is 0 Å². The molecule has 0 aromatic heterocycles.